The summed E-state index contributed by atoms with van der Waals surface area (Å²) in [5.41, 5.74) is 2.54. The van der Waals surface area contributed by atoms with Crippen molar-refractivity contribution < 1.29 is 0 Å². The van der Waals surface area contributed by atoms with E-state index in [0.29, 0.717) is 0 Å². The highest BCUT2D eigenvalue weighted by molar-refractivity contribution is 6.64. The molecule has 1 atom stereocenters. The van der Waals surface area contributed by atoms with Crippen molar-refractivity contribution >= 4 is 8.80 Å². The van der Waals surface area contributed by atoms with Crippen LogP contribution in [0.4, 0.5) is 0 Å². The van der Waals surface area contributed by atoms with E-state index in [1.54, 1.807) is 0 Å². The SMILES string of the molecule is CC=C[SiH](CCC)CCCN1CCCC1. The Hall–Kier alpha value is -0.0831. The lowest BCUT2D eigenvalue weighted by Gasteiger charge is -2.16. The first-order valence-electron chi connectivity index (χ1n) is 6.72. The van der Waals surface area contributed by atoms with Crippen LogP contribution in [0.2, 0.25) is 12.1 Å². The van der Waals surface area contributed by atoms with Crippen molar-refractivity contribution in [2.24, 2.45) is 0 Å². The smallest absolute Gasteiger partial charge is 0.0611 e. The van der Waals surface area contributed by atoms with Crippen LogP contribution in [0, 0.1) is 0 Å². The predicted molar refractivity (Wildman–Crippen MR) is 72.2 cm³/mol. The molecule has 0 aromatic rings. The molecule has 0 radical (unpaired) electrons. The van der Waals surface area contributed by atoms with E-state index in [0.717, 1.165) is 0 Å². The summed E-state index contributed by atoms with van der Waals surface area (Å²) in [4.78, 5) is 2.65. The van der Waals surface area contributed by atoms with E-state index in [1.807, 2.05) is 0 Å². The molecule has 0 bridgehead atoms. The van der Waals surface area contributed by atoms with E-state index in [4.69, 9.17) is 0 Å². The second-order valence-electron chi connectivity index (χ2n) is 4.77. The molecule has 0 N–H and O–H groups in total. The first kappa shape index (κ1) is 13.0. The summed E-state index contributed by atoms with van der Waals surface area (Å²) < 4.78 is 0. The van der Waals surface area contributed by atoms with E-state index in [2.05, 4.69) is 30.5 Å². The summed E-state index contributed by atoms with van der Waals surface area (Å²) in [6, 6.07) is 3.03. The Morgan fingerprint density at radius 1 is 1.20 bits per heavy atom. The highest BCUT2D eigenvalue weighted by Gasteiger charge is 2.12. The van der Waals surface area contributed by atoms with E-state index in [1.165, 1.54) is 57.4 Å². The average Bonchev–Trinajstić information content (AvgIpc) is 2.71. The fraction of sp³-hybridized carbons (Fsp3) is 0.846. The van der Waals surface area contributed by atoms with Gasteiger partial charge in [0.15, 0.2) is 0 Å². The lowest BCUT2D eigenvalue weighted by atomic mass is 10.4. The zero-order valence-electron chi connectivity index (χ0n) is 10.5. The van der Waals surface area contributed by atoms with Gasteiger partial charge in [0.1, 0.15) is 0 Å². The highest BCUT2D eigenvalue weighted by atomic mass is 28.3. The molecule has 0 aromatic heterocycles. The van der Waals surface area contributed by atoms with Gasteiger partial charge < -0.3 is 4.90 Å². The topological polar surface area (TPSA) is 3.24 Å². The van der Waals surface area contributed by atoms with Crippen LogP contribution >= 0.6 is 0 Å². The van der Waals surface area contributed by atoms with Gasteiger partial charge in [-0.05, 0) is 45.8 Å². The van der Waals surface area contributed by atoms with E-state index >= 15 is 0 Å². The van der Waals surface area contributed by atoms with Crippen molar-refractivity contribution in [1.29, 1.82) is 0 Å². The third-order valence-electron chi connectivity index (χ3n) is 3.37. The van der Waals surface area contributed by atoms with Crippen molar-refractivity contribution in [3.8, 4) is 0 Å². The Bertz CT molecular complexity index is 173. The van der Waals surface area contributed by atoms with Gasteiger partial charge in [0.05, 0.1) is 8.80 Å². The first-order valence-corrected chi connectivity index (χ1v) is 9.02. The zero-order chi connectivity index (χ0) is 10.9. The predicted octanol–water partition coefficient (Wildman–Crippen LogP) is 3.22. The second-order valence-corrected chi connectivity index (χ2v) is 7.83. The van der Waals surface area contributed by atoms with Gasteiger partial charge in [-0.3, -0.25) is 0 Å². The Balaban J connectivity index is 2.09. The minimum Gasteiger partial charge on any atom is -0.303 e. The van der Waals surface area contributed by atoms with Crippen LogP contribution in [0.15, 0.2) is 11.8 Å². The van der Waals surface area contributed by atoms with Gasteiger partial charge in [0.2, 0.25) is 0 Å². The molecule has 1 fully saturated rings. The molecule has 0 saturated carbocycles. The number of rotatable bonds is 7. The quantitative estimate of drug-likeness (QED) is 0.601. The van der Waals surface area contributed by atoms with Gasteiger partial charge in [-0.15, -0.1) is 5.70 Å². The molecule has 2 heteroatoms. The van der Waals surface area contributed by atoms with Crippen molar-refractivity contribution in [2.45, 2.75) is 51.6 Å². The number of hydrogen-bond acceptors (Lipinski definition) is 1. The Kier molecular flexibility index (Phi) is 7.02. The Morgan fingerprint density at radius 3 is 2.53 bits per heavy atom. The first-order chi connectivity index (χ1) is 7.36. The maximum absolute atomic E-state index is 2.65. The van der Waals surface area contributed by atoms with Crippen LogP contribution < -0.4 is 0 Å². The van der Waals surface area contributed by atoms with Crippen LogP contribution in [0.5, 0.6) is 0 Å². The molecule has 0 spiro atoms. The van der Waals surface area contributed by atoms with Crippen molar-refractivity contribution in [3.63, 3.8) is 0 Å². The standard InChI is InChI=1S/C13H27NSi/c1-3-11-15(12-4-2)13-7-10-14-8-5-6-9-14/h3,11,15H,4-10,12-13H2,1-2H3. The largest absolute Gasteiger partial charge is 0.303 e. The molecule has 0 amide bonds. The van der Waals surface area contributed by atoms with Crippen molar-refractivity contribution in [2.75, 3.05) is 19.6 Å². The van der Waals surface area contributed by atoms with Crippen LogP contribution in [-0.4, -0.2) is 33.3 Å². The summed E-state index contributed by atoms with van der Waals surface area (Å²) >= 11 is 0. The van der Waals surface area contributed by atoms with Crippen LogP contribution in [0.3, 0.4) is 0 Å². The number of nitrogens with zero attached hydrogens (tertiary/aromatic N) is 1. The highest BCUT2D eigenvalue weighted by Crippen LogP contribution is 2.12. The maximum atomic E-state index is 2.65. The summed E-state index contributed by atoms with van der Waals surface area (Å²) in [7, 11) is -0.502. The van der Waals surface area contributed by atoms with Gasteiger partial charge in [0.25, 0.3) is 0 Å². The summed E-state index contributed by atoms with van der Waals surface area (Å²) in [6.07, 6.45) is 7.98. The van der Waals surface area contributed by atoms with Crippen molar-refractivity contribution in [3.05, 3.63) is 11.8 Å². The zero-order valence-corrected chi connectivity index (χ0v) is 11.7. The lowest BCUT2D eigenvalue weighted by Crippen LogP contribution is -2.21. The Morgan fingerprint density at radius 2 is 1.93 bits per heavy atom. The third kappa shape index (κ3) is 5.52. The molecule has 1 nitrogen and oxygen atoms in total. The second kappa shape index (κ2) is 8.11. The van der Waals surface area contributed by atoms with Gasteiger partial charge in [0, 0.05) is 0 Å². The molecule has 1 unspecified atom stereocenters. The minimum atomic E-state index is -0.502. The van der Waals surface area contributed by atoms with E-state index < -0.39 is 8.80 Å². The number of hydrogen-bond donors (Lipinski definition) is 0. The molecular weight excluding hydrogens is 198 g/mol. The normalized spacial score (nSPS) is 20.1. The molecule has 1 heterocycles. The van der Waals surface area contributed by atoms with E-state index in [9.17, 15) is 0 Å². The van der Waals surface area contributed by atoms with Crippen LogP contribution in [0.1, 0.15) is 39.5 Å². The molecular formula is C13H27NSi. The minimum absolute atomic E-state index is 0.502. The number of allylic oxidation sites excluding steroid dienone is 1. The molecule has 1 aliphatic heterocycles. The molecule has 1 saturated heterocycles. The van der Waals surface area contributed by atoms with Crippen molar-refractivity contribution in [1.82, 2.24) is 4.90 Å². The molecule has 88 valence electrons. The van der Waals surface area contributed by atoms with Gasteiger partial charge in [-0.25, -0.2) is 0 Å². The van der Waals surface area contributed by atoms with E-state index in [-0.39, 0.29) is 0 Å². The molecule has 1 aliphatic rings. The van der Waals surface area contributed by atoms with Gasteiger partial charge >= 0.3 is 0 Å². The molecule has 0 aromatic carbocycles. The van der Waals surface area contributed by atoms with Gasteiger partial charge in [-0.2, -0.15) is 0 Å². The Labute approximate surface area is 97.2 Å². The maximum Gasteiger partial charge on any atom is 0.0611 e. The monoisotopic (exact) mass is 225 g/mol. The fourth-order valence-corrected chi connectivity index (χ4v) is 5.23. The summed E-state index contributed by atoms with van der Waals surface area (Å²) in [5.74, 6) is 0. The molecule has 15 heavy (non-hydrogen) atoms. The van der Waals surface area contributed by atoms with Gasteiger partial charge in [-0.1, -0.05) is 31.5 Å². The molecule has 0 aliphatic carbocycles. The third-order valence-corrected chi connectivity index (χ3v) is 6.77. The van der Waals surface area contributed by atoms with Crippen LogP contribution in [-0.2, 0) is 0 Å². The fourth-order valence-electron chi connectivity index (χ4n) is 2.56. The summed E-state index contributed by atoms with van der Waals surface area (Å²) in [6.45, 7) is 8.60. The van der Waals surface area contributed by atoms with Crippen LogP contribution in [0.25, 0.3) is 0 Å². The summed E-state index contributed by atoms with van der Waals surface area (Å²) in [5, 5.41) is 0. The average molecular weight is 225 g/mol. The molecule has 1 rings (SSSR count). The number of likely N-dealkylation sites (tertiary alicyclic amines) is 1. The lowest BCUT2D eigenvalue weighted by molar-refractivity contribution is 0.339.